The molecule has 0 fully saturated rings. The summed E-state index contributed by atoms with van der Waals surface area (Å²) < 4.78 is 146. The number of hydrogen-bond acceptors (Lipinski definition) is 2. The minimum Gasteiger partial charge on any atom is -0.429 e. The zero-order chi connectivity index (χ0) is 26.9. The van der Waals surface area contributed by atoms with Crippen LogP contribution in [0.3, 0.4) is 0 Å². The van der Waals surface area contributed by atoms with Gasteiger partial charge in [0.1, 0.15) is 34.5 Å². The highest BCUT2D eigenvalue weighted by molar-refractivity contribution is 5.35. The Labute approximate surface area is 198 Å². The van der Waals surface area contributed by atoms with Crippen molar-refractivity contribution in [1.29, 1.82) is 0 Å². The summed E-state index contributed by atoms with van der Waals surface area (Å²) in [4.78, 5) is 0. The second-order valence-electron chi connectivity index (χ2n) is 7.59. The normalized spacial score (nSPS) is 12.5. The maximum atomic E-state index is 14.4. The summed E-state index contributed by atoms with van der Waals surface area (Å²) >= 11 is 0. The van der Waals surface area contributed by atoms with E-state index in [0.29, 0.717) is 42.7 Å². The van der Waals surface area contributed by atoms with Crippen molar-refractivity contribution in [2.75, 3.05) is 0 Å². The van der Waals surface area contributed by atoms with Crippen molar-refractivity contribution in [2.24, 2.45) is 0 Å². The summed E-state index contributed by atoms with van der Waals surface area (Å²) in [7, 11) is 0. The van der Waals surface area contributed by atoms with Crippen molar-refractivity contribution in [3.8, 4) is 11.5 Å². The maximum absolute atomic E-state index is 14.4. The molecule has 3 rings (SSSR count). The van der Waals surface area contributed by atoms with Crippen LogP contribution in [0, 0.1) is 17.5 Å². The molecular formula is C24H16F10O2. The molecule has 0 heterocycles. The molecule has 0 saturated heterocycles. The molecule has 194 valence electrons. The van der Waals surface area contributed by atoms with E-state index in [0.717, 1.165) is 12.1 Å². The average molecular weight is 526 g/mol. The number of halogens is 10. The van der Waals surface area contributed by atoms with Crippen LogP contribution >= 0.6 is 0 Å². The number of alkyl halides is 7. The van der Waals surface area contributed by atoms with Crippen LogP contribution in [0.2, 0.25) is 0 Å². The van der Waals surface area contributed by atoms with E-state index < -0.39 is 64.0 Å². The summed E-state index contributed by atoms with van der Waals surface area (Å²) in [6, 6.07) is 5.44. The van der Waals surface area contributed by atoms with E-state index in [1.165, 1.54) is 6.07 Å². The third-order valence-corrected chi connectivity index (χ3v) is 4.87. The molecule has 0 aliphatic rings. The highest BCUT2D eigenvalue weighted by Crippen LogP contribution is 2.39. The van der Waals surface area contributed by atoms with E-state index >= 15 is 0 Å². The van der Waals surface area contributed by atoms with Crippen molar-refractivity contribution >= 4 is 0 Å². The molecule has 0 amide bonds. The molecule has 0 aliphatic heterocycles. The number of ether oxygens (including phenoxy) is 2. The summed E-state index contributed by atoms with van der Waals surface area (Å²) in [5.41, 5.74) is -3.87. The molecular weight excluding hydrogens is 510 g/mol. The summed E-state index contributed by atoms with van der Waals surface area (Å²) in [6.07, 6.45) is -12.8. The fraction of sp³-hybridized carbons (Fsp3) is 0.250. The van der Waals surface area contributed by atoms with Gasteiger partial charge in [-0.05, 0) is 48.4 Å². The number of hydrogen-bond donors (Lipinski definition) is 0. The van der Waals surface area contributed by atoms with E-state index in [1.54, 1.807) is 0 Å². The van der Waals surface area contributed by atoms with E-state index in [4.69, 9.17) is 0 Å². The summed E-state index contributed by atoms with van der Waals surface area (Å²) in [5.74, 6) is -7.46. The molecule has 2 nitrogen and oxygen atoms in total. The first-order chi connectivity index (χ1) is 16.6. The van der Waals surface area contributed by atoms with E-state index in [1.807, 2.05) is 6.92 Å². The highest BCUT2D eigenvalue weighted by Gasteiger charge is 2.41. The summed E-state index contributed by atoms with van der Waals surface area (Å²) in [5, 5.41) is 0. The summed E-state index contributed by atoms with van der Waals surface area (Å²) in [6.45, 7) is 1.82. The second kappa shape index (κ2) is 9.90. The van der Waals surface area contributed by atoms with Gasteiger partial charge in [-0.2, -0.15) is 30.7 Å². The molecule has 3 aromatic carbocycles. The van der Waals surface area contributed by atoms with Gasteiger partial charge >= 0.3 is 18.4 Å². The monoisotopic (exact) mass is 526 g/mol. The van der Waals surface area contributed by atoms with Gasteiger partial charge in [0.15, 0.2) is 0 Å². The number of rotatable bonds is 8. The molecule has 0 spiro atoms. The van der Waals surface area contributed by atoms with E-state index in [9.17, 15) is 43.9 Å². The Morgan fingerprint density at radius 1 is 0.639 bits per heavy atom. The zero-order valence-corrected chi connectivity index (χ0v) is 18.2. The van der Waals surface area contributed by atoms with E-state index in [-0.39, 0.29) is 12.1 Å². The Morgan fingerprint density at radius 2 is 1.19 bits per heavy atom. The third kappa shape index (κ3) is 6.03. The molecule has 0 atom stereocenters. The molecule has 3 aromatic rings. The largest absolute Gasteiger partial charge is 0.429 e. The van der Waals surface area contributed by atoms with Gasteiger partial charge in [0.25, 0.3) is 0 Å². The van der Waals surface area contributed by atoms with Crippen LogP contribution in [0.25, 0.3) is 0 Å². The SMILES string of the molecule is CCCc1ccc(C(F)(F)Oc2ccc(C(F)(F)Oc3cc(F)c(C(F)(F)F)c(F)c3)cc2)c(F)c1. The lowest BCUT2D eigenvalue weighted by atomic mass is 10.1. The van der Waals surface area contributed by atoms with Crippen molar-refractivity contribution in [2.45, 2.75) is 38.2 Å². The predicted molar refractivity (Wildman–Crippen MR) is 107 cm³/mol. The van der Waals surface area contributed by atoms with Crippen LogP contribution < -0.4 is 9.47 Å². The van der Waals surface area contributed by atoms with Gasteiger partial charge in [-0.15, -0.1) is 0 Å². The molecule has 0 bridgehead atoms. The molecule has 0 radical (unpaired) electrons. The Balaban J connectivity index is 1.78. The molecule has 0 N–H and O–H groups in total. The molecule has 0 aliphatic carbocycles. The lowest BCUT2D eigenvalue weighted by Crippen LogP contribution is -2.24. The topological polar surface area (TPSA) is 18.5 Å². The van der Waals surface area contributed by atoms with Crippen LogP contribution in [0.15, 0.2) is 54.6 Å². The van der Waals surface area contributed by atoms with Crippen LogP contribution in [0.5, 0.6) is 11.5 Å². The van der Waals surface area contributed by atoms with Gasteiger partial charge in [-0.3, -0.25) is 0 Å². The number of benzene rings is 3. The number of aryl methyl sites for hydroxylation is 1. The van der Waals surface area contributed by atoms with Crippen molar-refractivity contribution in [3.63, 3.8) is 0 Å². The Morgan fingerprint density at radius 3 is 1.69 bits per heavy atom. The van der Waals surface area contributed by atoms with Gasteiger partial charge in [0.05, 0.1) is 11.1 Å². The van der Waals surface area contributed by atoms with Crippen LogP contribution in [-0.2, 0) is 24.8 Å². The Kier molecular flexibility index (Phi) is 7.47. The molecule has 0 aromatic heterocycles. The third-order valence-electron chi connectivity index (χ3n) is 4.87. The van der Waals surface area contributed by atoms with Crippen molar-refractivity contribution in [3.05, 3.63) is 94.3 Å². The Bertz CT molecular complexity index is 1200. The second-order valence-corrected chi connectivity index (χ2v) is 7.59. The minimum absolute atomic E-state index is 0.0713. The van der Waals surface area contributed by atoms with Crippen LogP contribution in [0.1, 0.15) is 35.6 Å². The van der Waals surface area contributed by atoms with Gasteiger partial charge in [0.2, 0.25) is 0 Å². The standard InChI is InChI=1S/C24H16F10O2/c1-2-3-13-4-9-17(18(25)10-13)24(33,34)35-15-7-5-14(6-8-15)23(31,32)36-16-11-19(26)21(20(27)12-16)22(28,29)30/h4-12H,2-3H2,1H3. The van der Waals surface area contributed by atoms with E-state index in [2.05, 4.69) is 9.47 Å². The minimum atomic E-state index is -5.41. The first kappa shape index (κ1) is 27.2. The smallest absolute Gasteiger partial charge is 0.429 e. The fourth-order valence-corrected chi connectivity index (χ4v) is 3.25. The zero-order valence-electron chi connectivity index (χ0n) is 18.2. The lowest BCUT2D eigenvalue weighted by molar-refractivity contribution is -0.188. The van der Waals surface area contributed by atoms with Gasteiger partial charge < -0.3 is 9.47 Å². The average Bonchev–Trinajstić information content (AvgIpc) is 2.72. The van der Waals surface area contributed by atoms with Gasteiger partial charge in [-0.1, -0.05) is 19.4 Å². The molecule has 12 heteroatoms. The van der Waals surface area contributed by atoms with Crippen LogP contribution in [0.4, 0.5) is 43.9 Å². The highest BCUT2D eigenvalue weighted by atomic mass is 19.4. The van der Waals surface area contributed by atoms with Crippen LogP contribution in [-0.4, -0.2) is 0 Å². The first-order valence-corrected chi connectivity index (χ1v) is 10.2. The fourth-order valence-electron chi connectivity index (χ4n) is 3.25. The molecule has 0 saturated carbocycles. The predicted octanol–water partition coefficient (Wildman–Crippen LogP) is 8.33. The van der Waals surface area contributed by atoms with Crippen molar-refractivity contribution in [1.82, 2.24) is 0 Å². The van der Waals surface area contributed by atoms with Crippen molar-refractivity contribution < 1.29 is 53.4 Å². The lowest BCUT2D eigenvalue weighted by Gasteiger charge is -2.21. The van der Waals surface area contributed by atoms with Gasteiger partial charge in [-0.25, -0.2) is 13.2 Å². The first-order valence-electron chi connectivity index (χ1n) is 10.2. The molecule has 36 heavy (non-hydrogen) atoms. The quantitative estimate of drug-likeness (QED) is 0.275. The Hall–Kier alpha value is -3.44. The maximum Gasteiger partial charge on any atom is 0.429 e. The molecule has 0 unspecified atom stereocenters. The van der Waals surface area contributed by atoms with Gasteiger partial charge in [0, 0.05) is 12.1 Å².